The van der Waals surface area contributed by atoms with E-state index < -0.39 is 28.5 Å². The normalized spacial score (nSPS) is 13.1. The predicted octanol–water partition coefficient (Wildman–Crippen LogP) is 3.59. The van der Waals surface area contributed by atoms with Crippen LogP contribution >= 0.6 is 15.9 Å². The summed E-state index contributed by atoms with van der Waals surface area (Å²) < 4.78 is 26.8. The van der Waals surface area contributed by atoms with Crippen molar-refractivity contribution in [2.75, 3.05) is 23.7 Å². The molecule has 0 saturated heterocycles. The molecule has 7 nitrogen and oxygen atoms in total. The summed E-state index contributed by atoms with van der Waals surface area (Å²) in [5.41, 5.74) is 1.39. The van der Waals surface area contributed by atoms with Gasteiger partial charge in [-0.2, -0.15) is 0 Å². The maximum Gasteiger partial charge on any atom is 0.244 e. The van der Waals surface area contributed by atoms with Crippen LogP contribution in [0, 0.1) is 0 Å². The number of carbonyl (C=O) groups is 2. The number of amides is 2. The molecule has 0 spiro atoms. The van der Waals surface area contributed by atoms with Gasteiger partial charge in [0, 0.05) is 17.1 Å². The lowest BCUT2D eigenvalue weighted by atomic mass is 10.1. The minimum atomic E-state index is -3.75. The van der Waals surface area contributed by atoms with Gasteiger partial charge >= 0.3 is 0 Å². The average Bonchev–Trinajstić information content (AvgIpc) is 2.77. The van der Waals surface area contributed by atoms with Crippen LogP contribution in [0.25, 0.3) is 0 Å². The van der Waals surface area contributed by atoms with Crippen molar-refractivity contribution in [1.29, 1.82) is 0 Å². The Bertz CT molecular complexity index is 1050. The Labute approximate surface area is 205 Å². The van der Waals surface area contributed by atoms with Gasteiger partial charge in [0.05, 0.1) is 11.9 Å². The van der Waals surface area contributed by atoms with Gasteiger partial charge in [-0.05, 0) is 60.3 Å². The van der Waals surface area contributed by atoms with Crippen LogP contribution in [0.5, 0.6) is 0 Å². The zero-order chi connectivity index (χ0) is 24.6. The molecule has 0 unspecified atom stereocenters. The SMILES string of the molecule is CC[C@@H](C)NC(=O)[C@@H](C)N(CCc1ccccc1)C(=O)CN(c1ccccc1Br)S(C)(=O)=O. The van der Waals surface area contributed by atoms with Gasteiger partial charge in [0.25, 0.3) is 0 Å². The molecule has 2 rings (SSSR count). The van der Waals surface area contributed by atoms with Gasteiger partial charge in [0.2, 0.25) is 21.8 Å². The van der Waals surface area contributed by atoms with Crippen molar-refractivity contribution in [2.24, 2.45) is 0 Å². The molecule has 0 aliphatic rings. The molecule has 0 fully saturated rings. The second-order valence-electron chi connectivity index (χ2n) is 8.04. The van der Waals surface area contributed by atoms with E-state index in [2.05, 4.69) is 21.2 Å². The number of nitrogens with zero attached hydrogens (tertiary/aromatic N) is 2. The van der Waals surface area contributed by atoms with Gasteiger partial charge in [-0.1, -0.05) is 49.4 Å². The third kappa shape index (κ3) is 7.85. The zero-order valence-electron chi connectivity index (χ0n) is 19.5. The number of halogens is 1. The quantitative estimate of drug-likeness (QED) is 0.474. The Morgan fingerprint density at radius 2 is 1.64 bits per heavy atom. The van der Waals surface area contributed by atoms with E-state index in [-0.39, 0.29) is 18.5 Å². The fourth-order valence-corrected chi connectivity index (χ4v) is 4.76. The van der Waals surface area contributed by atoms with Crippen LogP contribution in [0.2, 0.25) is 0 Å². The Kier molecular flexibility index (Phi) is 9.91. The van der Waals surface area contributed by atoms with E-state index in [1.54, 1.807) is 31.2 Å². The number of carbonyl (C=O) groups excluding carboxylic acids is 2. The van der Waals surface area contributed by atoms with Crippen molar-refractivity contribution >= 4 is 43.5 Å². The number of benzene rings is 2. The Morgan fingerprint density at radius 3 is 2.21 bits per heavy atom. The van der Waals surface area contributed by atoms with Crippen molar-refractivity contribution in [1.82, 2.24) is 10.2 Å². The summed E-state index contributed by atoms with van der Waals surface area (Å²) in [4.78, 5) is 27.7. The van der Waals surface area contributed by atoms with E-state index >= 15 is 0 Å². The fraction of sp³-hybridized carbons (Fsp3) is 0.417. The first-order valence-corrected chi connectivity index (χ1v) is 13.5. The number of nitrogens with one attached hydrogen (secondary N) is 1. The average molecular weight is 539 g/mol. The van der Waals surface area contributed by atoms with E-state index in [1.165, 1.54) is 4.90 Å². The maximum atomic E-state index is 13.4. The van der Waals surface area contributed by atoms with Gasteiger partial charge in [-0.3, -0.25) is 13.9 Å². The molecule has 0 heterocycles. The standard InChI is InChI=1S/C24H32BrN3O4S/c1-5-18(2)26-24(30)19(3)27(16-15-20-11-7-6-8-12-20)23(29)17-28(33(4,31)32)22-14-10-9-13-21(22)25/h6-14,18-19H,5,15-17H2,1-4H3,(H,26,30)/t18-,19-/m1/s1. The summed E-state index contributed by atoms with van der Waals surface area (Å²) in [5, 5.41) is 2.92. The number of para-hydroxylation sites is 1. The van der Waals surface area contributed by atoms with Crippen LogP contribution in [0.4, 0.5) is 5.69 Å². The first-order chi connectivity index (χ1) is 15.5. The maximum absolute atomic E-state index is 13.4. The van der Waals surface area contributed by atoms with Crippen molar-refractivity contribution in [3.63, 3.8) is 0 Å². The van der Waals surface area contributed by atoms with Crippen molar-refractivity contribution in [3.8, 4) is 0 Å². The lowest BCUT2D eigenvalue weighted by Crippen LogP contribution is -2.53. The first kappa shape index (κ1) is 26.9. The fourth-order valence-electron chi connectivity index (χ4n) is 3.28. The van der Waals surface area contributed by atoms with Crippen LogP contribution in [-0.2, 0) is 26.0 Å². The summed E-state index contributed by atoms with van der Waals surface area (Å²) in [7, 11) is -3.75. The molecule has 0 aromatic heterocycles. The topological polar surface area (TPSA) is 86.8 Å². The number of anilines is 1. The Balaban J connectivity index is 2.31. The molecule has 0 radical (unpaired) electrons. The minimum Gasteiger partial charge on any atom is -0.352 e. The molecule has 2 aromatic rings. The molecule has 2 atom stereocenters. The summed E-state index contributed by atoms with van der Waals surface area (Å²) in [6, 6.07) is 15.7. The van der Waals surface area contributed by atoms with Crippen molar-refractivity contribution in [3.05, 3.63) is 64.6 Å². The largest absolute Gasteiger partial charge is 0.352 e. The molecular formula is C24H32BrN3O4S. The highest BCUT2D eigenvalue weighted by molar-refractivity contribution is 9.10. The minimum absolute atomic E-state index is 0.0289. The highest BCUT2D eigenvalue weighted by Crippen LogP contribution is 2.27. The zero-order valence-corrected chi connectivity index (χ0v) is 21.9. The third-order valence-electron chi connectivity index (χ3n) is 5.45. The third-order valence-corrected chi connectivity index (χ3v) is 7.25. The van der Waals surface area contributed by atoms with Crippen LogP contribution in [0.1, 0.15) is 32.8 Å². The second-order valence-corrected chi connectivity index (χ2v) is 10.8. The molecule has 1 N–H and O–H groups in total. The van der Waals surface area contributed by atoms with Crippen LogP contribution in [0.3, 0.4) is 0 Å². The second kappa shape index (κ2) is 12.2. The predicted molar refractivity (Wildman–Crippen MR) is 136 cm³/mol. The molecule has 2 aromatic carbocycles. The summed E-state index contributed by atoms with van der Waals surface area (Å²) >= 11 is 3.37. The molecular weight excluding hydrogens is 506 g/mol. The van der Waals surface area contributed by atoms with Crippen molar-refractivity contribution < 1.29 is 18.0 Å². The number of hydrogen-bond acceptors (Lipinski definition) is 4. The number of rotatable bonds is 11. The molecule has 33 heavy (non-hydrogen) atoms. The van der Waals surface area contributed by atoms with Crippen LogP contribution in [0.15, 0.2) is 59.1 Å². The van der Waals surface area contributed by atoms with E-state index in [4.69, 9.17) is 0 Å². The van der Waals surface area contributed by atoms with E-state index in [1.807, 2.05) is 44.2 Å². The van der Waals surface area contributed by atoms with E-state index in [0.717, 1.165) is 22.5 Å². The molecule has 0 aliphatic heterocycles. The molecule has 0 saturated carbocycles. The van der Waals surface area contributed by atoms with Gasteiger partial charge in [-0.15, -0.1) is 0 Å². The lowest BCUT2D eigenvalue weighted by molar-refractivity contribution is -0.139. The number of sulfonamides is 1. The number of hydrogen-bond donors (Lipinski definition) is 1. The van der Waals surface area contributed by atoms with Gasteiger partial charge in [0.15, 0.2) is 0 Å². The molecule has 9 heteroatoms. The monoisotopic (exact) mass is 537 g/mol. The Morgan fingerprint density at radius 1 is 1.03 bits per heavy atom. The molecule has 0 aliphatic carbocycles. The Hall–Kier alpha value is -2.39. The van der Waals surface area contributed by atoms with Gasteiger partial charge in [0.1, 0.15) is 12.6 Å². The first-order valence-electron chi connectivity index (χ1n) is 10.9. The summed E-state index contributed by atoms with van der Waals surface area (Å²) in [6.07, 6.45) is 2.37. The summed E-state index contributed by atoms with van der Waals surface area (Å²) in [5.74, 6) is -0.712. The molecule has 0 bridgehead atoms. The van der Waals surface area contributed by atoms with Gasteiger partial charge < -0.3 is 10.2 Å². The molecule has 2 amide bonds. The molecule has 180 valence electrons. The highest BCUT2D eigenvalue weighted by atomic mass is 79.9. The smallest absolute Gasteiger partial charge is 0.244 e. The highest BCUT2D eigenvalue weighted by Gasteiger charge is 2.30. The van der Waals surface area contributed by atoms with Crippen LogP contribution in [-0.4, -0.2) is 56.6 Å². The van der Waals surface area contributed by atoms with Gasteiger partial charge in [-0.25, -0.2) is 8.42 Å². The van der Waals surface area contributed by atoms with Crippen molar-refractivity contribution in [2.45, 2.75) is 45.7 Å². The van der Waals surface area contributed by atoms with E-state index in [0.29, 0.717) is 16.6 Å². The van der Waals surface area contributed by atoms with E-state index in [9.17, 15) is 18.0 Å². The summed E-state index contributed by atoms with van der Waals surface area (Å²) in [6.45, 7) is 5.42. The van der Waals surface area contributed by atoms with Crippen LogP contribution < -0.4 is 9.62 Å². The lowest BCUT2D eigenvalue weighted by Gasteiger charge is -2.32.